The number of benzene rings is 2. The van der Waals surface area contributed by atoms with Crippen LogP contribution in [0.1, 0.15) is 30.4 Å². The lowest BCUT2D eigenvalue weighted by molar-refractivity contribution is 0.220. The Morgan fingerprint density at radius 2 is 1.76 bits per heavy atom. The summed E-state index contributed by atoms with van der Waals surface area (Å²) < 4.78 is 70.7. The summed E-state index contributed by atoms with van der Waals surface area (Å²) in [6, 6.07) is 6.59. The van der Waals surface area contributed by atoms with Crippen LogP contribution in [0.2, 0.25) is 0 Å². The Labute approximate surface area is 194 Å². The van der Waals surface area contributed by atoms with Gasteiger partial charge in [0.2, 0.25) is 0 Å². The minimum absolute atomic E-state index is 0.00209. The Balaban J connectivity index is 1.51. The van der Waals surface area contributed by atoms with Gasteiger partial charge in [-0.05, 0) is 49.7 Å². The molecule has 1 aliphatic heterocycles. The quantitative estimate of drug-likeness (QED) is 0.461. The van der Waals surface area contributed by atoms with Gasteiger partial charge in [-0.3, -0.25) is 9.62 Å². The normalized spacial score (nSPS) is 14.9. The minimum atomic E-state index is -4.51. The van der Waals surface area contributed by atoms with E-state index in [0.29, 0.717) is 12.1 Å². The molecular weight excluding hydrogens is 473 g/mol. The standard InChI is InChI=1S/C22H23F3N4O2S2/c23-18-6-4-5-15(12-29-7-2-1-3-8-29)17(18)11-26-16-9-19(24)22(20(25)10-16)33(30,31)28-21-13-32-14-27-21/h4-6,9-10,13-14,26,28H,1-3,7-8,11-12H2. The number of likely N-dealkylation sites (tertiary alicyclic amines) is 1. The van der Waals surface area contributed by atoms with Crippen LogP contribution < -0.4 is 10.0 Å². The van der Waals surface area contributed by atoms with E-state index >= 15 is 0 Å². The molecule has 2 heterocycles. The maximum atomic E-state index is 14.6. The number of nitrogens with zero attached hydrogens (tertiary/aromatic N) is 2. The molecule has 0 amide bonds. The number of anilines is 2. The lowest BCUT2D eigenvalue weighted by atomic mass is 10.0. The SMILES string of the molecule is O=S(=O)(Nc1cscn1)c1c(F)cc(NCc2c(F)cccc2CN2CCCCC2)cc1F. The predicted molar refractivity (Wildman–Crippen MR) is 122 cm³/mol. The molecule has 2 N–H and O–H groups in total. The fourth-order valence-electron chi connectivity index (χ4n) is 3.87. The molecule has 0 radical (unpaired) electrons. The molecule has 2 aromatic carbocycles. The van der Waals surface area contributed by atoms with E-state index in [0.717, 1.165) is 55.0 Å². The maximum Gasteiger partial charge on any atom is 0.268 e. The average Bonchev–Trinajstić information content (AvgIpc) is 3.25. The third-order valence-electron chi connectivity index (χ3n) is 5.47. The van der Waals surface area contributed by atoms with Gasteiger partial charge < -0.3 is 5.32 Å². The number of nitrogens with one attached hydrogen (secondary N) is 2. The van der Waals surface area contributed by atoms with E-state index in [4.69, 9.17) is 0 Å². The van der Waals surface area contributed by atoms with Crippen LogP contribution >= 0.6 is 11.3 Å². The van der Waals surface area contributed by atoms with Crippen molar-refractivity contribution < 1.29 is 21.6 Å². The Morgan fingerprint density at radius 3 is 2.42 bits per heavy atom. The first-order valence-corrected chi connectivity index (χ1v) is 12.9. The second-order valence-electron chi connectivity index (χ2n) is 7.82. The summed E-state index contributed by atoms with van der Waals surface area (Å²) in [4.78, 5) is 4.92. The molecule has 11 heteroatoms. The molecule has 6 nitrogen and oxygen atoms in total. The molecule has 0 atom stereocenters. The summed E-state index contributed by atoms with van der Waals surface area (Å²) in [6.45, 7) is 2.49. The molecule has 0 unspecified atom stereocenters. The first kappa shape index (κ1) is 23.5. The lowest BCUT2D eigenvalue weighted by Gasteiger charge is -2.27. The smallest absolute Gasteiger partial charge is 0.268 e. The molecule has 0 spiro atoms. The monoisotopic (exact) mass is 496 g/mol. The molecular formula is C22H23F3N4O2S2. The first-order chi connectivity index (χ1) is 15.8. The Bertz CT molecular complexity index is 1190. The highest BCUT2D eigenvalue weighted by atomic mass is 32.2. The highest BCUT2D eigenvalue weighted by Gasteiger charge is 2.26. The fourth-order valence-corrected chi connectivity index (χ4v) is 5.55. The maximum absolute atomic E-state index is 14.6. The molecule has 0 aliphatic carbocycles. The number of hydrogen-bond acceptors (Lipinski definition) is 6. The molecule has 33 heavy (non-hydrogen) atoms. The van der Waals surface area contributed by atoms with Gasteiger partial charge in [-0.1, -0.05) is 18.6 Å². The largest absolute Gasteiger partial charge is 0.381 e. The van der Waals surface area contributed by atoms with Crippen molar-refractivity contribution in [1.82, 2.24) is 9.88 Å². The van der Waals surface area contributed by atoms with Crippen molar-refractivity contribution >= 4 is 32.9 Å². The molecule has 4 rings (SSSR count). The van der Waals surface area contributed by atoms with Gasteiger partial charge in [0.25, 0.3) is 10.0 Å². The zero-order valence-corrected chi connectivity index (χ0v) is 19.3. The van der Waals surface area contributed by atoms with Gasteiger partial charge in [-0.25, -0.2) is 26.6 Å². The van der Waals surface area contributed by atoms with Crippen LogP contribution in [0.4, 0.5) is 24.7 Å². The molecule has 1 fully saturated rings. The number of aromatic nitrogens is 1. The van der Waals surface area contributed by atoms with Crippen LogP contribution in [0.25, 0.3) is 0 Å². The van der Waals surface area contributed by atoms with Crippen molar-refractivity contribution in [2.24, 2.45) is 0 Å². The second kappa shape index (κ2) is 10.1. The van der Waals surface area contributed by atoms with Crippen LogP contribution in [-0.4, -0.2) is 31.4 Å². The number of sulfonamides is 1. The number of halogens is 3. The molecule has 1 saturated heterocycles. The first-order valence-electron chi connectivity index (χ1n) is 10.5. The van der Waals surface area contributed by atoms with Crippen LogP contribution in [0.3, 0.4) is 0 Å². The van der Waals surface area contributed by atoms with E-state index in [2.05, 4.69) is 15.2 Å². The van der Waals surface area contributed by atoms with Crippen molar-refractivity contribution in [1.29, 1.82) is 0 Å². The summed E-state index contributed by atoms with van der Waals surface area (Å²) in [5.74, 6) is -2.96. The molecule has 0 bridgehead atoms. The molecule has 176 valence electrons. The molecule has 1 aliphatic rings. The Morgan fingerprint density at radius 1 is 1.03 bits per heavy atom. The van der Waals surface area contributed by atoms with Crippen LogP contribution in [0, 0.1) is 17.5 Å². The minimum Gasteiger partial charge on any atom is -0.381 e. The van der Waals surface area contributed by atoms with E-state index in [1.165, 1.54) is 23.4 Å². The summed E-state index contributed by atoms with van der Waals surface area (Å²) in [5.41, 5.74) is 2.60. The third kappa shape index (κ3) is 5.66. The molecule has 1 aromatic heterocycles. The van der Waals surface area contributed by atoms with Gasteiger partial charge >= 0.3 is 0 Å². The van der Waals surface area contributed by atoms with Crippen LogP contribution in [0.15, 0.2) is 46.1 Å². The van der Waals surface area contributed by atoms with Gasteiger partial charge in [-0.2, -0.15) is 0 Å². The predicted octanol–water partition coefficient (Wildman–Crippen LogP) is 4.96. The van der Waals surface area contributed by atoms with E-state index in [1.807, 2.05) is 10.8 Å². The molecule has 0 saturated carbocycles. The van der Waals surface area contributed by atoms with Crippen molar-refractivity contribution in [3.63, 3.8) is 0 Å². The van der Waals surface area contributed by atoms with Crippen molar-refractivity contribution in [3.05, 3.63) is 69.8 Å². The van der Waals surface area contributed by atoms with E-state index in [-0.39, 0.29) is 18.1 Å². The van der Waals surface area contributed by atoms with Crippen molar-refractivity contribution in [2.45, 2.75) is 37.2 Å². The Hall–Kier alpha value is -2.63. The summed E-state index contributed by atoms with van der Waals surface area (Å²) in [6.07, 6.45) is 3.40. The summed E-state index contributed by atoms with van der Waals surface area (Å²) >= 11 is 1.13. The zero-order valence-electron chi connectivity index (χ0n) is 17.7. The highest BCUT2D eigenvalue weighted by Crippen LogP contribution is 2.26. The Kier molecular flexibility index (Phi) is 7.20. The lowest BCUT2D eigenvalue weighted by Crippen LogP contribution is -2.29. The van der Waals surface area contributed by atoms with E-state index in [9.17, 15) is 21.6 Å². The van der Waals surface area contributed by atoms with Crippen LogP contribution in [0.5, 0.6) is 0 Å². The van der Waals surface area contributed by atoms with Gasteiger partial charge in [-0.15, -0.1) is 11.3 Å². The molecule has 3 aromatic rings. The average molecular weight is 497 g/mol. The van der Waals surface area contributed by atoms with E-state index in [1.54, 1.807) is 6.07 Å². The van der Waals surface area contributed by atoms with Crippen LogP contribution in [-0.2, 0) is 23.1 Å². The zero-order chi connectivity index (χ0) is 23.4. The number of piperidine rings is 1. The fraction of sp³-hybridized carbons (Fsp3) is 0.318. The van der Waals surface area contributed by atoms with Gasteiger partial charge in [0.15, 0.2) is 10.7 Å². The number of rotatable bonds is 8. The topological polar surface area (TPSA) is 74.3 Å². The van der Waals surface area contributed by atoms with Crippen molar-refractivity contribution in [3.8, 4) is 0 Å². The second-order valence-corrected chi connectivity index (χ2v) is 10.2. The van der Waals surface area contributed by atoms with Crippen molar-refractivity contribution in [2.75, 3.05) is 23.1 Å². The van der Waals surface area contributed by atoms with Gasteiger partial charge in [0.1, 0.15) is 17.5 Å². The van der Waals surface area contributed by atoms with Gasteiger partial charge in [0, 0.05) is 29.7 Å². The summed E-state index contributed by atoms with van der Waals surface area (Å²) in [7, 11) is -4.51. The highest BCUT2D eigenvalue weighted by molar-refractivity contribution is 7.92. The number of thiazole rings is 1. The summed E-state index contributed by atoms with van der Waals surface area (Å²) in [5, 5.41) is 4.22. The van der Waals surface area contributed by atoms with E-state index < -0.39 is 32.4 Å². The number of hydrogen-bond donors (Lipinski definition) is 2. The third-order valence-corrected chi connectivity index (χ3v) is 7.46. The van der Waals surface area contributed by atoms with Gasteiger partial charge in [0.05, 0.1) is 5.51 Å².